The number of benzene rings is 2. The van der Waals surface area contributed by atoms with Crippen LogP contribution >= 0.6 is 11.6 Å². The zero-order valence-electron chi connectivity index (χ0n) is 11.7. The van der Waals surface area contributed by atoms with Gasteiger partial charge < -0.3 is 11.5 Å². The summed E-state index contributed by atoms with van der Waals surface area (Å²) in [7, 11) is 0. The highest BCUT2D eigenvalue weighted by Gasteiger charge is 2.30. The van der Waals surface area contributed by atoms with Crippen LogP contribution in [-0.4, -0.2) is 17.9 Å². The van der Waals surface area contributed by atoms with Crippen molar-refractivity contribution >= 4 is 29.2 Å². The molecule has 0 fully saturated rings. The second kappa shape index (κ2) is 5.44. The molecule has 0 spiro atoms. The van der Waals surface area contributed by atoms with Crippen LogP contribution in [0.25, 0.3) is 11.1 Å². The molecule has 1 aliphatic heterocycles. The molecule has 5 nitrogen and oxygen atoms in total. The monoisotopic (exact) mass is 314 g/mol. The number of nitrogens with one attached hydrogen (secondary N) is 1. The Morgan fingerprint density at radius 2 is 2.00 bits per heavy atom. The first kappa shape index (κ1) is 14.6. The van der Waals surface area contributed by atoms with Gasteiger partial charge in [-0.15, -0.1) is 0 Å². The Morgan fingerprint density at radius 1 is 1.27 bits per heavy atom. The van der Waals surface area contributed by atoms with Crippen LogP contribution in [0.15, 0.2) is 42.5 Å². The van der Waals surface area contributed by atoms with E-state index in [-0.39, 0.29) is 5.84 Å². The molecule has 0 aliphatic carbocycles. The standard InChI is InChI=1S/C16H15ClN4O/c17-12-4-2-1-3-11(12)9-5-6-14-10(7-9)8-13(18)15(19)21(14)16(20)22/h1-7,13,19H,8,18H2,(H2,20,22). The minimum Gasteiger partial charge on any atom is -0.351 e. The highest BCUT2D eigenvalue weighted by molar-refractivity contribution is 6.33. The lowest BCUT2D eigenvalue weighted by molar-refractivity contribution is 0.256. The van der Waals surface area contributed by atoms with Crippen LogP contribution in [0.4, 0.5) is 10.5 Å². The predicted octanol–water partition coefficient (Wildman–Crippen LogP) is 2.75. The third kappa shape index (κ3) is 2.34. The molecule has 1 aliphatic rings. The fourth-order valence-corrected chi connectivity index (χ4v) is 2.94. The van der Waals surface area contributed by atoms with Crippen molar-refractivity contribution in [3.8, 4) is 11.1 Å². The number of urea groups is 1. The largest absolute Gasteiger partial charge is 0.351 e. The van der Waals surface area contributed by atoms with Crippen molar-refractivity contribution in [2.24, 2.45) is 11.5 Å². The van der Waals surface area contributed by atoms with Gasteiger partial charge in [0.05, 0.1) is 11.7 Å². The lowest BCUT2D eigenvalue weighted by atomic mass is 9.93. The van der Waals surface area contributed by atoms with E-state index < -0.39 is 12.1 Å². The number of primary amides is 1. The maximum Gasteiger partial charge on any atom is 0.324 e. The van der Waals surface area contributed by atoms with Gasteiger partial charge in [0.1, 0.15) is 5.84 Å². The molecular formula is C16H15ClN4O. The molecule has 1 atom stereocenters. The maximum atomic E-state index is 11.6. The van der Waals surface area contributed by atoms with Gasteiger partial charge in [-0.1, -0.05) is 35.9 Å². The second-order valence-corrected chi connectivity index (χ2v) is 5.60. The summed E-state index contributed by atoms with van der Waals surface area (Å²) in [6.07, 6.45) is 0.482. The molecule has 112 valence electrons. The van der Waals surface area contributed by atoms with E-state index in [0.29, 0.717) is 17.1 Å². The number of rotatable bonds is 1. The van der Waals surface area contributed by atoms with Crippen LogP contribution in [-0.2, 0) is 6.42 Å². The molecule has 0 saturated heterocycles. The van der Waals surface area contributed by atoms with Gasteiger partial charge in [0, 0.05) is 10.6 Å². The Morgan fingerprint density at radius 3 is 2.68 bits per heavy atom. The molecule has 5 N–H and O–H groups in total. The van der Waals surface area contributed by atoms with Crippen LogP contribution in [0.1, 0.15) is 5.56 Å². The van der Waals surface area contributed by atoms with E-state index in [9.17, 15) is 4.79 Å². The summed E-state index contributed by atoms with van der Waals surface area (Å²) in [5.74, 6) is 0.0190. The number of amides is 2. The van der Waals surface area contributed by atoms with Crippen LogP contribution in [0.3, 0.4) is 0 Å². The Bertz CT molecular complexity index is 774. The summed E-state index contributed by atoms with van der Waals surface area (Å²) >= 11 is 6.23. The number of hydrogen-bond donors (Lipinski definition) is 3. The van der Waals surface area contributed by atoms with Crippen molar-refractivity contribution in [2.75, 3.05) is 4.90 Å². The lowest BCUT2D eigenvalue weighted by Gasteiger charge is -2.32. The molecule has 1 unspecified atom stereocenters. The number of anilines is 1. The predicted molar refractivity (Wildman–Crippen MR) is 88.4 cm³/mol. The van der Waals surface area contributed by atoms with E-state index in [1.165, 1.54) is 0 Å². The molecule has 0 aromatic heterocycles. The van der Waals surface area contributed by atoms with Gasteiger partial charge in [-0.2, -0.15) is 0 Å². The number of amidine groups is 1. The number of halogens is 1. The van der Waals surface area contributed by atoms with Crippen LogP contribution in [0.2, 0.25) is 5.02 Å². The first-order chi connectivity index (χ1) is 10.5. The molecule has 2 aromatic rings. The first-order valence-electron chi connectivity index (χ1n) is 6.80. The summed E-state index contributed by atoms with van der Waals surface area (Å²) in [5, 5.41) is 8.60. The summed E-state index contributed by atoms with van der Waals surface area (Å²) in [5.41, 5.74) is 14.6. The van der Waals surface area contributed by atoms with Gasteiger partial charge in [0.25, 0.3) is 0 Å². The molecule has 2 aromatic carbocycles. The lowest BCUT2D eigenvalue weighted by Crippen LogP contribution is -2.52. The highest BCUT2D eigenvalue weighted by Crippen LogP contribution is 2.34. The highest BCUT2D eigenvalue weighted by atomic mass is 35.5. The van der Waals surface area contributed by atoms with Gasteiger partial charge >= 0.3 is 6.03 Å². The van der Waals surface area contributed by atoms with Crippen molar-refractivity contribution in [1.29, 1.82) is 5.41 Å². The number of carbonyl (C=O) groups excluding carboxylic acids is 1. The average molecular weight is 315 g/mol. The SMILES string of the molecule is N=C1C(N)Cc2cc(-c3ccccc3Cl)ccc2N1C(N)=O. The second-order valence-electron chi connectivity index (χ2n) is 5.19. The molecule has 0 radical (unpaired) electrons. The third-order valence-corrected chi connectivity index (χ3v) is 4.09. The van der Waals surface area contributed by atoms with Crippen molar-refractivity contribution in [3.05, 3.63) is 53.1 Å². The molecule has 1 heterocycles. The number of hydrogen-bond acceptors (Lipinski definition) is 3. The van der Waals surface area contributed by atoms with E-state index in [1.54, 1.807) is 6.07 Å². The van der Waals surface area contributed by atoms with E-state index in [1.807, 2.05) is 36.4 Å². The summed E-state index contributed by atoms with van der Waals surface area (Å²) in [6, 6.07) is 11.9. The quantitative estimate of drug-likeness (QED) is 0.754. The zero-order valence-corrected chi connectivity index (χ0v) is 12.5. The van der Waals surface area contributed by atoms with E-state index in [2.05, 4.69) is 0 Å². The summed E-state index contributed by atoms with van der Waals surface area (Å²) in [6.45, 7) is 0. The number of fused-ring (bicyclic) bond motifs is 1. The van der Waals surface area contributed by atoms with E-state index >= 15 is 0 Å². The van der Waals surface area contributed by atoms with Crippen LogP contribution in [0, 0.1) is 5.41 Å². The molecule has 6 heteroatoms. The van der Waals surface area contributed by atoms with Crippen LogP contribution in [0.5, 0.6) is 0 Å². The Hall–Kier alpha value is -2.37. The van der Waals surface area contributed by atoms with Crippen LogP contribution < -0.4 is 16.4 Å². The molecule has 0 bridgehead atoms. The molecular weight excluding hydrogens is 300 g/mol. The van der Waals surface area contributed by atoms with Crippen molar-refractivity contribution in [3.63, 3.8) is 0 Å². The van der Waals surface area contributed by atoms with Crippen molar-refractivity contribution in [2.45, 2.75) is 12.5 Å². The number of nitrogens with zero attached hydrogens (tertiary/aromatic N) is 1. The minimum atomic E-state index is -0.702. The van der Waals surface area contributed by atoms with E-state index in [0.717, 1.165) is 21.6 Å². The Balaban J connectivity index is 2.12. The van der Waals surface area contributed by atoms with Gasteiger partial charge in [-0.25, -0.2) is 9.69 Å². The van der Waals surface area contributed by atoms with Gasteiger partial charge in [-0.3, -0.25) is 5.41 Å². The summed E-state index contributed by atoms with van der Waals surface area (Å²) < 4.78 is 0. The van der Waals surface area contributed by atoms with Gasteiger partial charge in [0.15, 0.2) is 0 Å². The smallest absolute Gasteiger partial charge is 0.324 e. The molecule has 2 amide bonds. The number of carbonyl (C=O) groups is 1. The maximum absolute atomic E-state index is 11.6. The topological polar surface area (TPSA) is 96.2 Å². The van der Waals surface area contributed by atoms with Crippen molar-refractivity contribution < 1.29 is 4.79 Å². The fraction of sp³-hybridized carbons (Fsp3) is 0.125. The zero-order chi connectivity index (χ0) is 15.9. The average Bonchev–Trinajstić information content (AvgIpc) is 2.48. The third-order valence-electron chi connectivity index (χ3n) is 3.76. The Labute approximate surface area is 133 Å². The first-order valence-corrected chi connectivity index (χ1v) is 7.18. The summed E-state index contributed by atoms with van der Waals surface area (Å²) in [4.78, 5) is 12.8. The number of nitrogens with two attached hydrogens (primary N) is 2. The Kier molecular flexibility index (Phi) is 3.60. The molecule has 3 rings (SSSR count). The van der Waals surface area contributed by atoms with Gasteiger partial charge in [0.2, 0.25) is 0 Å². The fourth-order valence-electron chi connectivity index (χ4n) is 2.70. The van der Waals surface area contributed by atoms with Crippen molar-refractivity contribution in [1.82, 2.24) is 0 Å². The molecule has 0 saturated carbocycles. The normalized spacial score (nSPS) is 17.3. The van der Waals surface area contributed by atoms with E-state index in [4.69, 9.17) is 28.5 Å². The molecule has 22 heavy (non-hydrogen) atoms. The minimum absolute atomic E-state index is 0.0190. The van der Waals surface area contributed by atoms with Gasteiger partial charge in [-0.05, 0) is 35.7 Å².